The maximum absolute atomic E-state index is 5.52. The van der Waals surface area contributed by atoms with Crippen LogP contribution in [0.2, 0.25) is 0 Å². The molecule has 2 aliphatic rings. The lowest BCUT2D eigenvalue weighted by Gasteiger charge is -2.39. The zero-order valence-corrected chi connectivity index (χ0v) is 11.2. The number of ether oxygens (including phenoxy) is 1. The molecule has 18 heavy (non-hydrogen) atoms. The number of benzene rings is 1. The smallest absolute Gasteiger partial charge is 0.0619 e. The zero-order chi connectivity index (χ0) is 12.4. The summed E-state index contributed by atoms with van der Waals surface area (Å²) in [5.41, 5.74) is 2.90. The van der Waals surface area contributed by atoms with Gasteiger partial charge < -0.3 is 10.1 Å². The van der Waals surface area contributed by atoms with Crippen molar-refractivity contribution in [3.63, 3.8) is 0 Å². The van der Waals surface area contributed by atoms with E-state index < -0.39 is 0 Å². The molecule has 1 unspecified atom stereocenters. The Morgan fingerprint density at radius 3 is 2.83 bits per heavy atom. The summed E-state index contributed by atoms with van der Waals surface area (Å²) >= 11 is 0. The van der Waals surface area contributed by atoms with Crippen LogP contribution in [0.15, 0.2) is 24.3 Å². The van der Waals surface area contributed by atoms with Gasteiger partial charge in [-0.2, -0.15) is 0 Å². The molecule has 1 heterocycles. The SMILES string of the molecule is Cc1cccc(C2CC(NC3CCCOC3)C2)c1. The van der Waals surface area contributed by atoms with Crippen molar-refractivity contribution in [1.29, 1.82) is 0 Å². The van der Waals surface area contributed by atoms with E-state index in [1.54, 1.807) is 0 Å². The van der Waals surface area contributed by atoms with Crippen molar-refractivity contribution < 1.29 is 4.74 Å². The van der Waals surface area contributed by atoms with E-state index in [9.17, 15) is 0 Å². The Kier molecular flexibility index (Phi) is 3.67. The highest BCUT2D eigenvalue weighted by Crippen LogP contribution is 2.37. The van der Waals surface area contributed by atoms with E-state index in [2.05, 4.69) is 36.5 Å². The van der Waals surface area contributed by atoms with Crippen molar-refractivity contribution in [2.75, 3.05) is 13.2 Å². The highest BCUT2D eigenvalue weighted by atomic mass is 16.5. The summed E-state index contributed by atoms with van der Waals surface area (Å²) in [6.45, 7) is 4.04. The quantitative estimate of drug-likeness (QED) is 0.884. The van der Waals surface area contributed by atoms with Gasteiger partial charge in [0, 0.05) is 18.7 Å². The van der Waals surface area contributed by atoms with E-state index in [0.717, 1.165) is 19.1 Å². The summed E-state index contributed by atoms with van der Waals surface area (Å²) < 4.78 is 5.52. The van der Waals surface area contributed by atoms with E-state index >= 15 is 0 Å². The van der Waals surface area contributed by atoms with Crippen molar-refractivity contribution in [2.24, 2.45) is 0 Å². The molecular weight excluding hydrogens is 222 g/mol. The lowest BCUT2D eigenvalue weighted by molar-refractivity contribution is 0.0600. The molecule has 0 amide bonds. The fourth-order valence-corrected chi connectivity index (χ4v) is 3.16. The molecule has 0 bridgehead atoms. The minimum atomic E-state index is 0.599. The summed E-state index contributed by atoms with van der Waals surface area (Å²) in [6, 6.07) is 10.3. The van der Waals surface area contributed by atoms with Crippen LogP contribution in [0.5, 0.6) is 0 Å². The number of hydrogen-bond donors (Lipinski definition) is 1. The molecule has 0 radical (unpaired) electrons. The predicted molar refractivity (Wildman–Crippen MR) is 73.9 cm³/mol. The monoisotopic (exact) mass is 245 g/mol. The zero-order valence-electron chi connectivity index (χ0n) is 11.2. The average Bonchev–Trinajstić information content (AvgIpc) is 2.34. The van der Waals surface area contributed by atoms with Gasteiger partial charge >= 0.3 is 0 Å². The van der Waals surface area contributed by atoms with Crippen molar-refractivity contribution >= 4 is 0 Å². The summed E-state index contributed by atoms with van der Waals surface area (Å²) in [6.07, 6.45) is 5.08. The lowest BCUT2D eigenvalue weighted by atomic mass is 9.75. The van der Waals surface area contributed by atoms with Crippen LogP contribution in [-0.4, -0.2) is 25.3 Å². The Labute approximate surface area is 110 Å². The number of rotatable bonds is 3. The second-order valence-corrected chi connectivity index (χ2v) is 5.86. The Balaban J connectivity index is 1.48. The van der Waals surface area contributed by atoms with Gasteiger partial charge in [-0.25, -0.2) is 0 Å². The fourth-order valence-electron chi connectivity index (χ4n) is 3.16. The van der Waals surface area contributed by atoms with E-state index in [-0.39, 0.29) is 0 Å². The molecule has 2 nitrogen and oxygen atoms in total. The standard InChI is InChI=1S/C16H23NO/c1-12-4-2-5-13(8-12)14-9-16(10-14)17-15-6-3-7-18-11-15/h2,4-5,8,14-17H,3,6-7,9-11H2,1H3. The number of aryl methyl sites for hydroxylation is 1. The topological polar surface area (TPSA) is 21.3 Å². The van der Waals surface area contributed by atoms with Gasteiger partial charge in [-0.1, -0.05) is 29.8 Å². The van der Waals surface area contributed by atoms with Crippen molar-refractivity contribution in [3.05, 3.63) is 35.4 Å². The number of nitrogens with one attached hydrogen (secondary N) is 1. The van der Waals surface area contributed by atoms with Crippen LogP contribution >= 0.6 is 0 Å². The van der Waals surface area contributed by atoms with Crippen LogP contribution in [0.4, 0.5) is 0 Å². The van der Waals surface area contributed by atoms with Gasteiger partial charge in [0.05, 0.1) is 6.61 Å². The molecule has 1 aromatic carbocycles. The Morgan fingerprint density at radius 2 is 2.11 bits per heavy atom. The van der Waals surface area contributed by atoms with E-state index in [1.165, 1.54) is 36.8 Å². The van der Waals surface area contributed by atoms with Gasteiger partial charge in [0.25, 0.3) is 0 Å². The third-order valence-electron chi connectivity index (χ3n) is 4.28. The van der Waals surface area contributed by atoms with Crippen molar-refractivity contribution in [1.82, 2.24) is 5.32 Å². The normalized spacial score (nSPS) is 31.9. The lowest BCUT2D eigenvalue weighted by Crippen LogP contribution is -2.48. The Hall–Kier alpha value is -0.860. The molecule has 1 aliphatic carbocycles. The van der Waals surface area contributed by atoms with Gasteiger partial charge in [0.1, 0.15) is 0 Å². The highest BCUT2D eigenvalue weighted by Gasteiger charge is 2.31. The highest BCUT2D eigenvalue weighted by molar-refractivity contribution is 5.27. The first kappa shape index (κ1) is 12.2. The van der Waals surface area contributed by atoms with Crippen LogP contribution in [0.3, 0.4) is 0 Å². The first-order valence-electron chi connectivity index (χ1n) is 7.21. The van der Waals surface area contributed by atoms with Gasteiger partial charge in [-0.3, -0.25) is 0 Å². The predicted octanol–water partition coefficient (Wildman–Crippen LogP) is 3.01. The van der Waals surface area contributed by atoms with Crippen LogP contribution in [0, 0.1) is 6.92 Å². The van der Waals surface area contributed by atoms with Gasteiger partial charge in [-0.15, -0.1) is 0 Å². The third kappa shape index (κ3) is 2.76. The van der Waals surface area contributed by atoms with Crippen LogP contribution in [0.1, 0.15) is 42.7 Å². The third-order valence-corrected chi connectivity index (χ3v) is 4.28. The van der Waals surface area contributed by atoms with Crippen molar-refractivity contribution in [3.8, 4) is 0 Å². The molecule has 1 saturated heterocycles. The van der Waals surface area contributed by atoms with Crippen molar-refractivity contribution in [2.45, 2.75) is 50.6 Å². The van der Waals surface area contributed by atoms with E-state index in [0.29, 0.717) is 12.1 Å². The maximum Gasteiger partial charge on any atom is 0.0619 e. The second-order valence-electron chi connectivity index (χ2n) is 5.86. The summed E-state index contributed by atoms with van der Waals surface area (Å²) in [5, 5.41) is 3.74. The minimum absolute atomic E-state index is 0.599. The molecular formula is C16H23NO. The summed E-state index contributed by atoms with van der Waals surface area (Å²) in [5.74, 6) is 0.770. The molecule has 1 N–H and O–H groups in total. The van der Waals surface area contributed by atoms with E-state index in [4.69, 9.17) is 4.74 Å². The molecule has 1 atom stereocenters. The molecule has 1 aliphatic heterocycles. The van der Waals surface area contributed by atoms with Gasteiger partial charge in [0.2, 0.25) is 0 Å². The summed E-state index contributed by atoms with van der Waals surface area (Å²) in [4.78, 5) is 0. The number of hydrogen-bond acceptors (Lipinski definition) is 2. The maximum atomic E-state index is 5.52. The molecule has 1 saturated carbocycles. The molecule has 3 rings (SSSR count). The van der Waals surface area contributed by atoms with E-state index in [1.807, 2.05) is 0 Å². The minimum Gasteiger partial charge on any atom is -0.380 e. The van der Waals surface area contributed by atoms with Crippen LogP contribution in [-0.2, 0) is 4.74 Å². The molecule has 0 aromatic heterocycles. The largest absolute Gasteiger partial charge is 0.380 e. The summed E-state index contributed by atoms with van der Waals surface area (Å²) in [7, 11) is 0. The molecule has 0 spiro atoms. The molecule has 98 valence electrons. The molecule has 1 aromatic rings. The van der Waals surface area contributed by atoms with Gasteiger partial charge in [0.15, 0.2) is 0 Å². The van der Waals surface area contributed by atoms with Crippen LogP contribution in [0.25, 0.3) is 0 Å². The second kappa shape index (κ2) is 5.41. The Morgan fingerprint density at radius 1 is 1.22 bits per heavy atom. The average molecular weight is 245 g/mol. The van der Waals surface area contributed by atoms with Gasteiger partial charge in [-0.05, 0) is 44.1 Å². The van der Waals surface area contributed by atoms with Crippen LogP contribution < -0.4 is 5.32 Å². The fraction of sp³-hybridized carbons (Fsp3) is 0.625. The molecule has 2 heteroatoms. The Bertz CT molecular complexity index is 392. The molecule has 2 fully saturated rings. The first-order valence-corrected chi connectivity index (χ1v) is 7.21. The first-order chi connectivity index (χ1) is 8.81.